The molecule has 6 aromatic rings. The van der Waals surface area contributed by atoms with Gasteiger partial charge in [-0.2, -0.15) is 0 Å². The van der Waals surface area contributed by atoms with Gasteiger partial charge in [-0.25, -0.2) is 0 Å². The highest BCUT2D eigenvalue weighted by Crippen LogP contribution is 2.26. The van der Waals surface area contributed by atoms with Crippen LogP contribution in [0.5, 0.6) is 11.5 Å². The molecule has 2 saturated heterocycles. The number of piperazine rings is 2. The summed E-state index contributed by atoms with van der Waals surface area (Å²) in [5.41, 5.74) is 2.26. The summed E-state index contributed by atoms with van der Waals surface area (Å²) in [5, 5.41) is 8.30. The lowest BCUT2D eigenvalue weighted by Crippen LogP contribution is -2.44. The van der Waals surface area contributed by atoms with Crippen LogP contribution in [0, 0.1) is 0 Å². The zero-order valence-corrected chi connectivity index (χ0v) is 40.2. The predicted octanol–water partition coefficient (Wildman–Crippen LogP) is 8.13. The van der Waals surface area contributed by atoms with E-state index < -0.39 is 47.2 Å². The van der Waals surface area contributed by atoms with Crippen LogP contribution in [0.1, 0.15) is 31.8 Å². The number of carbonyl (C=O) groups excluding carboxylic acids is 2. The third-order valence-electron chi connectivity index (χ3n) is 10.9. The summed E-state index contributed by atoms with van der Waals surface area (Å²) < 4.78 is 84.9. The summed E-state index contributed by atoms with van der Waals surface area (Å²) in [6.07, 6.45) is -6.41. The van der Waals surface area contributed by atoms with Gasteiger partial charge in [0.25, 0.3) is 22.9 Å². The van der Waals surface area contributed by atoms with Crippen molar-refractivity contribution in [2.24, 2.45) is 0 Å². The van der Waals surface area contributed by atoms with Crippen LogP contribution in [-0.4, -0.2) is 110 Å². The summed E-state index contributed by atoms with van der Waals surface area (Å²) in [6, 6.07) is 30.7. The van der Waals surface area contributed by atoms with Crippen molar-refractivity contribution in [1.82, 2.24) is 24.3 Å². The van der Waals surface area contributed by atoms with Crippen LogP contribution < -0.4 is 41.4 Å². The average Bonchev–Trinajstić information content (AvgIpc) is 3.32. The number of nitrogens with zero attached hydrogens (tertiary/aromatic N) is 5. The standard InChI is InChI=1S/C25H25F3N4O3.C20H14BrF3N2O3.C5H12N2/c1-30-12-14-31(15-13-30)20-5-2-4-18(16-20)17-32-11-3-6-22(24(32)34)23(33)29-19-7-9-21(10-8-19)35-25(26,27)28;21-14-4-1-3-13(11-14)12-26-10-2-5-17(19(26)28)18(27)25-15-6-8-16(9-7-15)29-20(22,23)24;1-7-4-2-6-3-5-7/h2-11,16H,12-15,17H2,1H3,(H,29,33);1-11H,12H2,(H,25,27);6H,2-5H2,1H3. The first-order chi connectivity index (χ1) is 33.8. The van der Waals surface area contributed by atoms with E-state index in [4.69, 9.17) is 0 Å². The number of pyridine rings is 2. The Morgan fingerprint density at radius 2 is 1.01 bits per heavy atom. The number of hydrogen-bond donors (Lipinski definition) is 3. The van der Waals surface area contributed by atoms with E-state index in [1.807, 2.05) is 42.5 Å². The van der Waals surface area contributed by atoms with Gasteiger partial charge in [-0.3, -0.25) is 19.2 Å². The number of aromatic nitrogens is 2. The molecule has 376 valence electrons. The maximum atomic E-state index is 13.0. The Bertz CT molecular complexity index is 2830. The number of hydrogen-bond acceptors (Lipinski definition) is 10. The highest BCUT2D eigenvalue weighted by molar-refractivity contribution is 9.10. The minimum absolute atomic E-state index is 0.0710. The van der Waals surface area contributed by atoms with Crippen LogP contribution in [0.15, 0.2) is 148 Å². The molecule has 0 bridgehead atoms. The molecular weight excluding hydrogens is 1000 g/mol. The Labute approximate surface area is 413 Å². The lowest BCUT2D eigenvalue weighted by atomic mass is 10.1. The minimum atomic E-state index is -4.80. The molecule has 21 heteroatoms. The van der Waals surface area contributed by atoms with Crippen LogP contribution in [0.2, 0.25) is 0 Å². The normalized spacial score (nSPS) is 14.2. The van der Waals surface area contributed by atoms with Crippen molar-refractivity contribution in [3.05, 3.63) is 181 Å². The minimum Gasteiger partial charge on any atom is -0.406 e. The summed E-state index contributed by atoms with van der Waals surface area (Å²) in [5.74, 6) is -2.13. The molecule has 14 nitrogen and oxygen atoms in total. The molecule has 0 atom stereocenters. The van der Waals surface area contributed by atoms with Gasteiger partial charge in [0.05, 0.1) is 13.1 Å². The molecule has 71 heavy (non-hydrogen) atoms. The van der Waals surface area contributed by atoms with E-state index in [2.05, 4.69) is 76.2 Å². The molecule has 3 N–H and O–H groups in total. The monoisotopic (exact) mass is 1050 g/mol. The molecule has 0 saturated carbocycles. The van der Waals surface area contributed by atoms with Gasteiger partial charge in [-0.15, -0.1) is 26.3 Å². The molecule has 2 aliphatic rings. The maximum Gasteiger partial charge on any atom is 0.573 e. The fraction of sp³-hybridized carbons (Fsp3) is 0.280. The SMILES string of the molecule is CN1CCN(c2cccc(Cn3cccc(C(=O)Nc4ccc(OC(F)(F)F)cc4)c3=O)c2)CC1.CN1CCNCC1.O=C(Nc1ccc(OC(F)(F)F)cc1)c1cccn(Cc2cccc(Br)c2)c1=O. The number of likely N-dealkylation sites (N-methyl/N-ethyl adjacent to an activating group) is 2. The largest absolute Gasteiger partial charge is 0.573 e. The summed E-state index contributed by atoms with van der Waals surface area (Å²) in [4.78, 5) is 57.7. The third-order valence-corrected chi connectivity index (χ3v) is 11.4. The Balaban J connectivity index is 0.000000207. The van der Waals surface area contributed by atoms with E-state index in [1.54, 1.807) is 24.5 Å². The molecule has 2 aromatic heterocycles. The maximum absolute atomic E-state index is 13.0. The summed E-state index contributed by atoms with van der Waals surface area (Å²) in [6.45, 7) is 9.15. The Morgan fingerprint density at radius 1 is 0.577 bits per heavy atom. The number of carbonyl (C=O) groups is 2. The predicted molar refractivity (Wildman–Crippen MR) is 262 cm³/mol. The first-order valence-corrected chi connectivity index (χ1v) is 23.0. The number of rotatable bonds is 11. The quantitative estimate of drug-likeness (QED) is 0.109. The van der Waals surface area contributed by atoms with Gasteiger partial charge < -0.3 is 49.3 Å². The van der Waals surface area contributed by atoms with Gasteiger partial charge in [0, 0.05) is 86.3 Å². The molecule has 4 heterocycles. The van der Waals surface area contributed by atoms with Gasteiger partial charge in [0.1, 0.15) is 22.6 Å². The van der Waals surface area contributed by atoms with Crippen LogP contribution in [-0.2, 0) is 13.1 Å². The molecule has 0 aliphatic carbocycles. The number of alkyl halides is 6. The van der Waals surface area contributed by atoms with Crippen molar-refractivity contribution >= 4 is 44.8 Å². The van der Waals surface area contributed by atoms with Gasteiger partial charge >= 0.3 is 12.7 Å². The Kier molecular flexibility index (Phi) is 18.6. The number of halogens is 7. The van der Waals surface area contributed by atoms with Gasteiger partial charge in [0.15, 0.2) is 0 Å². The number of nitrogens with one attached hydrogen (secondary N) is 3. The number of anilines is 3. The summed E-state index contributed by atoms with van der Waals surface area (Å²) in [7, 11) is 4.25. The second-order valence-electron chi connectivity index (χ2n) is 16.4. The topological polar surface area (TPSA) is 142 Å². The lowest BCUT2D eigenvalue weighted by molar-refractivity contribution is -0.275. The lowest BCUT2D eigenvalue weighted by Gasteiger charge is -2.34. The highest BCUT2D eigenvalue weighted by Gasteiger charge is 2.32. The molecular formula is C50H51BrF6N8O6. The van der Waals surface area contributed by atoms with E-state index in [1.165, 1.54) is 58.6 Å². The highest BCUT2D eigenvalue weighted by atomic mass is 79.9. The second-order valence-corrected chi connectivity index (χ2v) is 17.3. The van der Waals surface area contributed by atoms with E-state index in [0.29, 0.717) is 6.54 Å². The molecule has 2 aliphatic heterocycles. The van der Waals surface area contributed by atoms with Gasteiger partial charge in [0.2, 0.25) is 0 Å². The third kappa shape index (κ3) is 17.2. The molecule has 4 aromatic carbocycles. The molecule has 8 rings (SSSR count). The van der Waals surface area contributed by atoms with E-state index in [0.717, 1.165) is 84.8 Å². The molecule has 2 amide bonds. The Morgan fingerprint density at radius 3 is 1.44 bits per heavy atom. The molecule has 0 unspecified atom stereocenters. The van der Waals surface area contributed by atoms with Crippen LogP contribution in [0.25, 0.3) is 0 Å². The average molecular weight is 1050 g/mol. The van der Waals surface area contributed by atoms with Crippen molar-refractivity contribution in [3.63, 3.8) is 0 Å². The van der Waals surface area contributed by atoms with Crippen molar-refractivity contribution in [1.29, 1.82) is 0 Å². The van der Waals surface area contributed by atoms with Crippen molar-refractivity contribution in [2.45, 2.75) is 25.8 Å². The number of benzene rings is 4. The van der Waals surface area contributed by atoms with Crippen LogP contribution in [0.3, 0.4) is 0 Å². The summed E-state index contributed by atoms with van der Waals surface area (Å²) >= 11 is 3.37. The smallest absolute Gasteiger partial charge is 0.406 e. The van der Waals surface area contributed by atoms with Crippen molar-refractivity contribution in [3.8, 4) is 11.5 Å². The van der Waals surface area contributed by atoms with E-state index >= 15 is 0 Å². The van der Waals surface area contributed by atoms with E-state index in [9.17, 15) is 45.5 Å². The fourth-order valence-electron chi connectivity index (χ4n) is 7.27. The van der Waals surface area contributed by atoms with Crippen LogP contribution >= 0.6 is 15.9 Å². The number of amides is 2. The van der Waals surface area contributed by atoms with E-state index in [-0.39, 0.29) is 29.0 Å². The number of ether oxygens (including phenoxy) is 2. The second kappa shape index (κ2) is 24.8. The fourth-order valence-corrected chi connectivity index (χ4v) is 7.71. The van der Waals surface area contributed by atoms with Gasteiger partial charge in [-0.1, -0.05) is 40.2 Å². The van der Waals surface area contributed by atoms with Gasteiger partial charge in [-0.05, 0) is 122 Å². The van der Waals surface area contributed by atoms with Crippen molar-refractivity contribution < 1.29 is 45.4 Å². The zero-order valence-electron chi connectivity index (χ0n) is 38.6. The van der Waals surface area contributed by atoms with Crippen molar-refractivity contribution in [2.75, 3.05) is 82.0 Å². The molecule has 0 spiro atoms. The first kappa shape index (κ1) is 53.4. The van der Waals surface area contributed by atoms with Crippen LogP contribution in [0.4, 0.5) is 43.4 Å². The first-order valence-electron chi connectivity index (χ1n) is 22.2. The zero-order chi connectivity index (χ0) is 51.1. The molecule has 0 radical (unpaired) electrons. The molecule has 2 fully saturated rings. The Hall–Kier alpha value is -6.94.